The second kappa shape index (κ2) is 5.07. The van der Waals surface area contributed by atoms with Crippen LogP contribution in [0, 0.1) is 0 Å². The summed E-state index contributed by atoms with van der Waals surface area (Å²) in [6, 6.07) is 3.27. The van der Waals surface area contributed by atoms with E-state index in [9.17, 15) is 8.78 Å². The molecule has 0 aliphatic carbocycles. The van der Waals surface area contributed by atoms with Crippen molar-refractivity contribution >= 4 is 26.8 Å². The number of alkyl halides is 2. The summed E-state index contributed by atoms with van der Waals surface area (Å²) < 4.78 is 35.5. The lowest BCUT2D eigenvalue weighted by Crippen LogP contribution is -2.19. The highest BCUT2D eigenvalue weighted by atomic mass is 79.9. The van der Waals surface area contributed by atoms with E-state index in [1.165, 1.54) is 12.3 Å². The zero-order valence-electron chi connectivity index (χ0n) is 11.1. The quantitative estimate of drug-likeness (QED) is 0.795. The Labute approximate surface area is 124 Å². The SMILES string of the molecule is CC(F)(F)c1cc(Br)cc2c1cnn2C1CCCCO1. The van der Waals surface area contributed by atoms with Crippen molar-refractivity contribution in [3.63, 3.8) is 0 Å². The fourth-order valence-electron chi connectivity index (χ4n) is 2.62. The number of aromatic nitrogens is 2. The lowest BCUT2D eigenvalue weighted by Gasteiger charge is -2.23. The maximum Gasteiger partial charge on any atom is 0.271 e. The van der Waals surface area contributed by atoms with Crippen molar-refractivity contribution in [1.29, 1.82) is 0 Å². The van der Waals surface area contributed by atoms with Gasteiger partial charge in [0, 0.05) is 29.0 Å². The molecule has 1 unspecified atom stereocenters. The summed E-state index contributed by atoms with van der Waals surface area (Å²) in [5.41, 5.74) is 0.673. The predicted octanol–water partition coefficient (Wildman–Crippen LogP) is 4.61. The van der Waals surface area contributed by atoms with Crippen LogP contribution in [0.25, 0.3) is 10.9 Å². The van der Waals surface area contributed by atoms with Crippen molar-refractivity contribution in [1.82, 2.24) is 9.78 Å². The molecule has 0 amide bonds. The standard InChI is InChI=1S/C14H15BrF2N2O/c1-14(16,17)11-6-9(15)7-12-10(11)8-18-19(12)13-4-2-3-5-20-13/h6-8,13H,2-5H2,1H3. The molecule has 1 atom stereocenters. The smallest absolute Gasteiger partial charge is 0.271 e. The molecule has 0 saturated carbocycles. The molecule has 3 nitrogen and oxygen atoms in total. The highest BCUT2D eigenvalue weighted by Gasteiger charge is 2.29. The van der Waals surface area contributed by atoms with Crippen molar-refractivity contribution in [2.75, 3.05) is 6.61 Å². The van der Waals surface area contributed by atoms with Gasteiger partial charge in [0.1, 0.15) is 0 Å². The van der Waals surface area contributed by atoms with E-state index in [1.54, 1.807) is 4.68 Å². The Morgan fingerprint density at radius 1 is 1.40 bits per heavy atom. The number of hydrogen-bond acceptors (Lipinski definition) is 2. The van der Waals surface area contributed by atoms with Gasteiger partial charge >= 0.3 is 0 Å². The third-order valence-corrected chi connectivity index (χ3v) is 4.04. The first-order valence-corrected chi connectivity index (χ1v) is 7.43. The van der Waals surface area contributed by atoms with Crippen molar-refractivity contribution in [3.8, 4) is 0 Å². The molecule has 108 valence electrons. The minimum absolute atomic E-state index is 0.0102. The normalized spacial score (nSPS) is 20.5. The summed E-state index contributed by atoms with van der Waals surface area (Å²) in [5.74, 6) is -2.90. The average molecular weight is 345 g/mol. The number of nitrogens with zero attached hydrogens (tertiary/aromatic N) is 2. The molecule has 2 aromatic rings. The van der Waals surface area contributed by atoms with Gasteiger partial charge in [-0.25, -0.2) is 13.5 Å². The highest BCUT2D eigenvalue weighted by Crippen LogP contribution is 2.37. The van der Waals surface area contributed by atoms with Gasteiger partial charge in [0.2, 0.25) is 0 Å². The number of benzene rings is 1. The molecule has 20 heavy (non-hydrogen) atoms. The monoisotopic (exact) mass is 344 g/mol. The molecule has 0 radical (unpaired) electrons. The maximum absolute atomic E-state index is 13.7. The average Bonchev–Trinajstić information content (AvgIpc) is 2.81. The van der Waals surface area contributed by atoms with Crippen LogP contribution < -0.4 is 0 Å². The third-order valence-electron chi connectivity index (χ3n) is 3.58. The van der Waals surface area contributed by atoms with Crippen LogP contribution in [0.2, 0.25) is 0 Å². The molecule has 1 saturated heterocycles. The molecular weight excluding hydrogens is 330 g/mol. The Morgan fingerprint density at radius 2 is 2.20 bits per heavy atom. The first-order chi connectivity index (χ1) is 9.47. The van der Waals surface area contributed by atoms with Crippen LogP contribution >= 0.6 is 15.9 Å². The largest absolute Gasteiger partial charge is 0.356 e. The molecule has 1 aliphatic heterocycles. The minimum Gasteiger partial charge on any atom is -0.356 e. The van der Waals surface area contributed by atoms with Gasteiger partial charge in [-0.1, -0.05) is 15.9 Å². The topological polar surface area (TPSA) is 27.1 Å². The Morgan fingerprint density at radius 3 is 2.85 bits per heavy atom. The molecule has 2 heterocycles. The summed E-state index contributed by atoms with van der Waals surface area (Å²) in [5, 5.41) is 4.75. The van der Waals surface area contributed by atoms with E-state index in [4.69, 9.17) is 4.74 Å². The van der Waals surface area contributed by atoms with Gasteiger partial charge in [0.05, 0.1) is 11.7 Å². The predicted molar refractivity (Wildman–Crippen MR) is 75.8 cm³/mol. The molecule has 3 rings (SSSR count). The highest BCUT2D eigenvalue weighted by molar-refractivity contribution is 9.10. The van der Waals surface area contributed by atoms with E-state index in [-0.39, 0.29) is 11.8 Å². The molecule has 1 aromatic heterocycles. The molecule has 6 heteroatoms. The van der Waals surface area contributed by atoms with Crippen molar-refractivity contribution in [2.24, 2.45) is 0 Å². The summed E-state index contributed by atoms with van der Waals surface area (Å²) in [4.78, 5) is 0. The molecule has 1 fully saturated rings. The Hall–Kier alpha value is -1.01. The Kier molecular flexibility index (Phi) is 3.54. The zero-order valence-corrected chi connectivity index (χ0v) is 12.7. The third kappa shape index (κ3) is 2.46. The van der Waals surface area contributed by atoms with Gasteiger partial charge in [-0.3, -0.25) is 0 Å². The summed E-state index contributed by atoms with van der Waals surface area (Å²) in [6.45, 7) is 1.60. The number of ether oxygens (including phenoxy) is 1. The Balaban J connectivity index is 2.14. The van der Waals surface area contributed by atoms with Crippen LogP contribution in [-0.2, 0) is 10.7 Å². The van der Waals surface area contributed by atoms with E-state index < -0.39 is 5.92 Å². The van der Waals surface area contributed by atoms with Gasteiger partial charge in [0.15, 0.2) is 6.23 Å². The van der Waals surface area contributed by atoms with Crippen LogP contribution in [-0.4, -0.2) is 16.4 Å². The summed E-state index contributed by atoms with van der Waals surface area (Å²) >= 11 is 3.30. The number of halogens is 3. The summed E-state index contributed by atoms with van der Waals surface area (Å²) in [7, 11) is 0. The van der Waals surface area contributed by atoms with Gasteiger partial charge < -0.3 is 4.74 Å². The lowest BCUT2D eigenvalue weighted by molar-refractivity contribution is -0.0367. The van der Waals surface area contributed by atoms with E-state index in [0.29, 0.717) is 22.0 Å². The van der Waals surface area contributed by atoms with Gasteiger partial charge in [-0.05, 0) is 31.4 Å². The van der Waals surface area contributed by atoms with Crippen LogP contribution in [0.15, 0.2) is 22.8 Å². The second-order valence-corrected chi connectivity index (χ2v) is 6.10. The van der Waals surface area contributed by atoms with Gasteiger partial charge in [-0.2, -0.15) is 5.10 Å². The maximum atomic E-state index is 13.7. The fraction of sp³-hybridized carbons (Fsp3) is 0.500. The first kappa shape index (κ1) is 13.9. The van der Waals surface area contributed by atoms with Crippen LogP contribution in [0.1, 0.15) is 38.0 Å². The Bertz CT molecular complexity index is 630. The zero-order chi connectivity index (χ0) is 14.3. The fourth-order valence-corrected chi connectivity index (χ4v) is 3.07. The van der Waals surface area contributed by atoms with Crippen molar-refractivity contribution in [3.05, 3.63) is 28.4 Å². The first-order valence-electron chi connectivity index (χ1n) is 6.63. The molecule has 0 spiro atoms. The van der Waals surface area contributed by atoms with E-state index in [0.717, 1.165) is 26.2 Å². The molecule has 1 aromatic carbocycles. The number of fused-ring (bicyclic) bond motifs is 1. The second-order valence-electron chi connectivity index (χ2n) is 5.18. The van der Waals surface area contributed by atoms with Crippen LogP contribution in [0.4, 0.5) is 8.78 Å². The minimum atomic E-state index is -2.90. The summed E-state index contributed by atoms with van der Waals surface area (Å²) in [6.07, 6.45) is 4.32. The van der Waals surface area contributed by atoms with Gasteiger partial charge in [0.25, 0.3) is 5.92 Å². The van der Waals surface area contributed by atoms with E-state index in [2.05, 4.69) is 21.0 Å². The van der Waals surface area contributed by atoms with Crippen molar-refractivity contribution < 1.29 is 13.5 Å². The van der Waals surface area contributed by atoms with E-state index >= 15 is 0 Å². The molecule has 0 N–H and O–H groups in total. The molecular formula is C14H15BrF2N2O. The van der Waals surface area contributed by atoms with E-state index in [1.807, 2.05) is 6.07 Å². The van der Waals surface area contributed by atoms with Crippen molar-refractivity contribution in [2.45, 2.75) is 38.3 Å². The molecule has 1 aliphatic rings. The van der Waals surface area contributed by atoms with Crippen LogP contribution in [0.3, 0.4) is 0 Å². The number of hydrogen-bond donors (Lipinski definition) is 0. The molecule has 0 bridgehead atoms. The van der Waals surface area contributed by atoms with Gasteiger partial charge in [-0.15, -0.1) is 0 Å². The lowest BCUT2D eigenvalue weighted by atomic mass is 10.1. The number of rotatable bonds is 2. The van der Waals surface area contributed by atoms with Crippen LogP contribution in [0.5, 0.6) is 0 Å².